The summed E-state index contributed by atoms with van der Waals surface area (Å²) in [5.74, 6) is 1.61. The number of thiazole rings is 1. The quantitative estimate of drug-likeness (QED) is 0.867. The molecule has 23 heavy (non-hydrogen) atoms. The van der Waals surface area contributed by atoms with E-state index in [1.54, 1.807) is 4.57 Å². The topological polar surface area (TPSA) is 34.5 Å². The molecule has 0 spiro atoms. The molecule has 1 aromatic carbocycles. The first-order valence-corrected chi connectivity index (χ1v) is 8.63. The monoisotopic (exact) mass is 328 g/mol. The molecule has 0 radical (unpaired) electrons. The molecule has 0 saturated heterocycles. The van der Waals surface area contributed by atoms with E-state index in [1.807, 2.05) is 56.3 Å². The molecule has 0 fully saturated rings. The molecule has 2 heterocycles. The molecule has 1 aliphatic rings. The van der Waals surface area contributed by atoms with Crippen LogP contribution in [0.2, 0.25) is 0 Å². The second-order valence-electron chi connectivity index (χ2n) is 5.13. The number of fused-ring (bicyclic) bond motifs is 1. The molecule has 120 valence electrons. The van der Waals surface area contributed by atoms with Crippen LogP contribution in [-0.4, -0.2) is 11.1 Å². The third kappa shape index (κ3) is 2.72. The van der Waals surface area contributed by atoms with Gasteiger partial charge in [0, 0.05) is 19.2 Å². The van der Waals surface area contributed by atoms with Gasteiger partial charge in [-0.2, -0.15) is 0 Å². The molecule has 0 bridgehead atoms. The second kappa shape index (κ2) is 6.46. The number of allylic oxidation sites excluding steroid dienone is 1. The van der Waals surface area contributed by atoms with E-state index in [0.717, 1.165) is 33.1 Å². The summed E-state index contributed by atoms with van der Waals surface area (Å²) in [5.41, 5.74) is 1.12. The number of anilines is 1. The Morgan fingerprint density at radius 2 is 1.96 bits per heavy atom. The standard InChI is InChI=1S/C18H20N2O2S/c1-4-17-20(6-3)18(21)15(23-17)11-12-16-19(5-2)13-9-7-8-10-14(13)22-16/h4,7-12H,5-6H2,1-3H3. The van der Waals surface area contributed by atoms with Crippen molar-refractivity contribution in [3.8, 4) is 5.75 Å². The van der Waals surface area contributed by atoms with Gasteiger partial charge in [0.05, 0.1) is 14.9 Å². The van der Waals surface area contributed by atoms with E-state index in [1.165, 1.54) is 11.3 Å². The highest BCUT2D eigenvalue weighted by Gasteiger charge is 2.23. The van der Waals surface area contributed by atoms with Crippen LogP contribution in [0.1, 0.15) is 20.8 Å². The molecular formula is C18H20N2O2S. The second-order valence-corrected chi connectivity index (χ2v) is 6.19. The molecule has 0 saturated carbocycles. The van der Waals surface area contributed by atoms with Gasteiger partial charge >= 0.3 is 0 Å². The van der Waals surface area contributed by atoms with Crippen molar-refractivity contribution in [2.45, 2.75) is 27.3 Å². The summed E-state index contributed by atoms with van der Waals surface area (Å²) in [5, 5.41) is 0. The maximum Gasteiger partial charge on any atom is 0.269 e. The summed E-state index contributed by atoms with van der Waals surface area (Å²) in [6, 6.07) is 7.96. The Bertz CT molecular complexity index is 921. The fourth-order valence-corrected chi connectivity index (χ4v) is 3.71. The highest BCUT2D eigenvalue weighted by molar-refractivity contribution is 7.07. The van der Waals surface area contributed by atoms with Crippen LogP contribution in [0.3, 0.4) is 0 Å². The van der Waals surface area contributed by atoms with Crippen LogP contribution in [0.4, 0.5) is 5.69 Å². The van der Waals surface area contributed by atoms with Crippen LogP contribution in [0.25, 0.3) is 12.2 Å². The highest BCUT2D eigenvalue weighted by atomic mass is 32.1. The summed E-state index contributed by atoms with van der Waals surface area (Å²) < 4.78 is 9.41. The van der Waals surface area contributed by atoms with E-state index in [-0.39, 0.29) is 5.56 Å². The van der Waals surface area contributed by atoms with Crippen molar-refractivity contribution in [1.82, 2.24) is 4.57 Å². The predicted molar refractivity (Wildman–Crippen MR) is 96.3 cm³/mol. The van der Waals surface area contributed by atoms with Crippen molar-refractivity contribution in [1.29, 1.82) is 0 Å². The largest absolute Gasteiger partial charge is 0.439 e. The lowest BCUT2D eigenvalue weighted by Gasteiger charge is -2.14. The Kier molecular flexibility index (Phi) is 4.39. The zero-order valence-electron chi connectivity index (χ0n) is 13.6. The molecule has 0 amide bonds. The van der Waals surface area contributed by atoms with Crippen LogP contribution < -0.4 is 24.4 Å². The van der Waals surface area contributed by atoms with Gasteiger partial charge in [-0.3, -0.25) is 9.36 Å². The first-order chi connectivity index (χ1) is 11.2. The number of hydrogen-bond acceptors (Lipinski definition) is 4. The van der Waals surface area contributed by atoms with Gasteiger partial charge in [-0.25, -0.2) is 0 Å². The number of aromatic nitrogens is 1. The van der Waals surface area contributed by atoms with E-state index in [2.05, 4.69) is 11.8 Å². The Hall–Kier alpha value is -2.27. The molecule has 0 unspecified atom stereocenters. The number of ether oxygens (including phenoxy) is 1. The predicted octanol–water partition coefficient (Wildman–Crippen LogP) is 2.27. The average Bonchev–Trinajstić information content (AvgIpc) is 3.09. The van der Waals surface area contributed by atoms with Crippen LogP contribution >= 0.6 is 11.3 Å². The summed E-state index contributed by atoms with van der Waals surface area (Å²) in [4.78, 5) is 14.5. The summed E-state index contributed by atoms with van der Waals surface area (Å²) in [7, 11) is 0. The smallest absolute Gasteiger partial charge is 0.269 e. The van der Waals surface area contributed by atoms with Gasteiger partial charge in [0.25, 0.3) is 5.56 Å². The Labute approximate surface area is 139 Å². The SMILES string of the molecule is CC=c1sc(=CC=C2Oc3ccccc3N2CC)c(=O)n1CC. The third-order valence-electron chi connectivity index (χ3n) is 3.83. The van der Waals surface area contributed by atoms with Gasteiger partial charge in [0.1, 0.15) is 0 Å². The van der Waals surface area contributed by atoms with Gasteiger partial charge in [-0.1, -0.05) is 18.2 Å². The Morgan fingerprint density at radius 3 is 2.61 bits per heavy atom. The lowest BCUT2D eigenvalue weighted by molar-refractivity contribution is 0.440. The van der Waals surface area contributed by atoms with Crippen LogP contribution in [0.5, 0.6) is 5.75 Å². The average molecular weight is 328 g/mol. The van der Waals surface area contributed by atoms with Crippen LogP contribution in [-0.2, 0) is 6.54 Å². The minimum Gasteiger partial charge on any atom is -0.439 e. The van der Waals surface area contributed by atoms with Gasteiger partial charge in [0.15, 0.2) is 5.75 Å². The van der Waals surface area contributed by atoms with Crippen molar-refractivity contribution in [2.75, 3.05) is 11.4 Å². The van der Waals surface area contributed by atoms with E-state index in [0.29, 0.717) is 6.54 Å². The van der Waals surface area contributed by atoms with Crippen molar-refractivity contribution in [2.24, 2.45) is 0 Å². The van der Waals surface area contributed by atoms with E-state index in [9.17, 15) is 4.79 Å². The van der Waals surface area contributed by atoms with Crippen molar-refractivity contribution < 1.29 is 4.74 Å². The number of hydrogen-bond donors (Lipinski definition) is 0. The molecule has 0 N–H and O–H groups in total. The van der Waals surface area contributed by atoms with E-state index in [4.69, 9.17) is 4.74 Å². The maximum atomic E-state index is 12.4. The zero-order valence-corrected chi connectivity index (χ0v) is 14.4. The van der Waals surface area contributed by atoms with Crippen LogP contribution in [0.15, 0.2) is 41.0 Å². The third-order valence-corrected chi connectivity index (χ3v) is 5.03. The van der Waals surface area contributed by atoms with E-state index < -0.39 is 0 Å². The molecule has 2 aromatic rings. The molecule has 4 nitrogen and oxygen atoms in total. The van der Waals surface area contributed by atoms with Crippen molar-refractivity contribution in [3.63, 3.8) is 0 Å². The lowest BCUT2D eigenvalue weighted by Crippen LogP contribution is -2.30. The van der Waals surface area contributed by atoms with Gasteiger partial charge in [-0.05, 0) is 39.0 Å². The molecule has 0 atom stereocenters. The lowest BCUT2D eigenvalue weighted by atomic mass is 10.3. The van der Waals surface area contributed by atoms with Crippen molar-refractivity contribution >= 4 is 29.2 Å². The number of rotatable bonds is 3. The molecule has 1 aliphatic heterocycles. The molecule has 3 rings (SSSR count). The minimum absolute atomic E-state index is 0.0565. The van der Waals surface area contributed by atoms with Crippen LogP contribution in [0, 0.1) is 0 Å². The number of nitrogens with zero attached hydrogens (tertiary/aromatic N) is 2. The molecule has 1 aromatic heterocycles. The van der Waals surface area contributed by atoms with Gasteiger partial charge in [0.2, 0.25) is 5.88 Å². The molecule has 0 aliphatic carbocycles. The molecular weight excluding hydrogens is 308 g/mol. The normalized spacial score (nSPS) is 17.0. The fraction of sp³-hybridized carbons (Fsp3) is 0.278. The first-order valence-electron chi connectivity index (χ1n) is 7.82. The van der Waals surface area contributed by atoms with Gasteiger partial charge in [-0.15, -0.1) is 11.3 Å². The van der Waals surface area contributed by atoms with E-state index >= 15 is 0 Å². The maximum absolute atomic E-state index is 12.4. The minimum atomic E-state index is 0.0565. The van der Waals surface area contributed by atoms with Crippen molar-refractivity contribution in [3.05, 3.63) is 55.8 Å². The zero-order chi connectivity index (χ0) is 16.4. The number of benzene rings is 1. The molecule has 5 heteroatoms. The fourth-order valence-electron chi connectivity index (χ4n) is 2.71. The summed E-state index contributed by atoms with van der Waals surface area (Å²) in [6.45, 7) is 7.52. The Balaban J connectivity index is 2.04. The highest BCUT2D eigenvalue weighted by Crippen LogP contribution is 2.38. The van der Waals surface area contributed by atoms with Gasteiger partial charge < -0.3 is 9.64 Å². The Morgan fingerprint density at radius 1 is 1.17 bits per heavy atom. The number of para-hydroxylation sites is 2. The summed E-state index contributed by atoms with van der Waals surface area (Å²) >= 11 is 1.51. The first kappa shape index (κ1) is 15.6. The summed E-state index contributed by atoms with van der Waals surface area (Å²) in [6.07, 6.45) is 5.71.